The molecule has 0 spiro atoms. The molecule has 0 aliphatic carbocycles. The fourth-order valence-electron chi connectivity index (χ4n) is 0.451. The summed E-state index contributed by atoms with van der Waals surface area (Å²) >= 11 is 0. The fraction of sp³-hybridized carbons (Fsp3) is 0.875. The second kappa shape index (κ2) is 23.4. The van der Waals surface area contributed by atoms with Gasteiger partial charge < -0.3 is 24.5 Å². The SMILES string of the molecule is C[C-]=O.OCCOCCOCCO.[Y]. The molecule has 5 nitrogen and oxygen atoms in total. The summed E-state index contributed by atoms with van der Waals surface area (Å²) in [4.78, 5) is 8.68. The third-order valence-corrected chi connectivity index (χ3v) is 0.843. The number of carbonyl (C=O) groups excluding carboxylic acids is 1. The minimum absolute atomic E-state index is 0. The van der Waals surface area contributed by atoms with Crippen LogP contribution in [0.3, 0.4) is 0 Å². The number of aliphatic hydroxyl groups is 2. The molecule has 2 N–H and O–H groups in total. The van der Waals surface area contributed by atoms with Crippen LogP contribution in [-0.2, 0) is 47.0 Å². The van der Waals surface area contributed by atoms with E-state index in [9.17, 15) is 0 Å². The van der Waals surface area contributed by atoms with Crippen LogP contribution in [0.1, 0.15) is 6.92 Å². The summed E-state index contributed by atoms with van der Waals surface area (Å²) < 4.78 is 9.75. The summed E-state index contributed by atoms with van der Waals surface area (Å²) in [6.45, 7) is 3.05. The maximum Gasteiger partial charge on any atom is 0.0701 e. The molecule has 0 amide bonds. The molecule has 0 aliphatic heterocycles. The molecule has 0 rings (SSSR count). The summed E-state index contributed by atoms with van der Waals surface area (Å²) in [6, 6.07) is 0. The molecule has 0 aromatic carbocycles. The molecule has 0 aromatic heterocycles. The Morgan fingerprint density at radius 3 is 1.50 bits per heavy atom. The molecular weight excluding hydrogens is 265 g/mol. The molecule has 0 atom stereocenters. The smallest absolute Gasteiger partial charge is 0.0701 e. The molecule has 0 fully saturated rings. The Hall–Kier alpha value is 0.614. The van der Waals surface area contributed by atoms with Crippen LogP contribution in [0.25, 0.3) is 0 Å². The van der Waals surface area contributed by atoms with E-state index in [0.717, 1.165) is 0 Å². The van der Waals surface area contributed by atoms with E-state index in [2.05, 4.69) is 0 Å². The Morgan fingerprint density at radius 2 is 1.29 bits per heavy atom. The maximum atomic E-state index is 8.68. The summed E-state index contributed by atoms with van der Waals surface area (Å²) in [7, 11) is 0. The van der Waals surface area contributed by atoms with E-state index in [-0.39, 0.29) is 45.9 Å². The molecule has 0 saturated carbocycles. The van der Waals surface area contributed by atoms with Gasteiger partial charge in [-0.05, 0) is 0 Å². The fourth-order valence-corrected chi connectivity index (χ4v) is 0.451. The molecule has 0 heterocycles. The predicted molar refractivity (Wildman–Crippen MR) is 47.2 cm³/mol. The van der Waals surface area contributed by atoms with Crippen molar-refractivity contribution in [3.63, 3.8) is 0 Å². The first kappa shape index (κ1) is 20.1. The second-order valence-electron chi connectivity index (χ2n) is 1.88. The molecule has 0 bridgehead atoms. The van der Waals surface area contributed by atoms with E-state index < -0.39 is 0 Å². The largest absolute Gasteiger partial charge is 0.542 e. The molecule has 14 heavy (non-hydrogen) atoms. The van der Waals surface area contributed by atoms with Crippen molar-refractivity contribution in [2.24, 2.45) is 0 Å². The van der Waals surface area contributed by atoms with E-state index in [1.165, 1.54) is 13.2 Å². The zero-order chi connectivity index (χ0) is 10.4. The van der Waals surface area contributed by atoms with Crippen molar-refractivity contribution in [1.82, 2.24) is 0 Å². The molecule has 6 heteroatoms. The van der Waals surface area contributed by atoms with Gasteiger partial charge >= 0.3 is 0 Å². The van der Waals surface area contributed by atoms with E-state index >= 15 is 0 Å². The Morgan fingerprint density at radius 1 is 1.00 bits per heavy atom. The van der Waals surface area contributed by atoms with Gasteiger partial charge in [0.25, 0.3) is 0 Å². The Balaban J connectivity index is -0.000000267. The zero-order valence-electron chi connectivity index (χ0n) is 8.44. The monoisotopic (exact) mass is 282 g/mol. The van der Waals surface area contributed by atoms with Crippen LogP contribution in [0.5, 0.6) is 0 Å². The number of aliphatic hydroxyl groups excluding tert-OH is 2. The number of hydrogen-bond donors (Lipinski definition) is 2. The summed E-state index contributed by atoms with van der Waals surface area (Å²) in [5.41, 5.74) is 0. The Bertz CT molecular complexity index is 83.8. The minimum Gasteiger partial charge on any atom is -0.542 e. The van der Waals surface area contributed by atoms with Gasteiger partial charge in [-0.2, -0.15) is 6.92 Å². The van der Waals surface area contributed by atoms with Crippen LogP contribution < -0.4 is 0 Å². The second-order valence-corrected chi connectivity index (χ2v) is 1.88. The van der Waals surface area contributed by atoms with Crippen molar-refractivity contribution in [2.45, 2.75) is 6.92 Å². The normalized spacial score (nSPS) is 8.21. The van der Waals surface area contributed by atoms with E-state index in [4.69, 9.17) is 24.5 Å². The number of ether oxygens (including phenoxy) is 2. The maximum absolute atomic E-state index is 8.68. The first-order chi connectivity index (χ1) is 6.33. The summed E-state index contributed by atoms with van der Waals surface area (Å²) in [5.74, 6) is 0. The quantitative estimate of drug-likeness (QED) is 0.468. The molecule has 0 aromatic rings. The number of rotatable bonds is 7. The van der Waals surface area contributed by atoms with Gasteiger partial charge in [-0.1, -0.05) is 0 Å². The molecule has 1 radical (unpaired) electrons. The van der Waals surface area contributed by atoms with Gasteiger partial charge in [-0.3, -0.25) is 6.29 Å². The van der Waals surface area contributed by atoms with Crippen LogP contribution in [-0.4, -0.2) is 56.1 Å². The van der Waals surface area contributed by atoms with Crippen molar-refractivity contribution in [3.8, 4) is 0 Å². The molecule has 83 valence electrons. The van der Waals surface area contributed by atoms with Crippen LogP contribution in [0.4, 0.5) is 0 Å². The first-order valence-electron chi connectivity index (χ1n) is 3.99. The van der Waals surface area contributed by atoms with Crippen LogP contribution in [0.2, 0.25) is 0 Å². The summed E-state index contributed by atoms with van der Waals surface area (Å²) in [5, 5.41) is 16.5. The molecule has 0 unspecified atom stereocenters. The van der Waals surface area contributed by atoms with Gasteiger partial charge in [0.05, 0.1) is 39.6 Å². The Kier molecular flexibility index (Phi) is 33.6. The van der Waals surface area contributed by atoms with Crippen molar-refractivity contribution < 1.29 is 57.2 Å². The average molecular weight is 282 g/mol. The molecule has 0 aliphatic rings. The minimum atomic E-state index is 0. The van der Waals surface area contributed by atoms with Crippen molar-refractivity contribution >= 4 is 6.29 Å². The topological polar surface area (TPSA) is 76.0 Å². The third kappa shape index (κ3) is 29.3. The van der Waals surface area contributed by atoms with Crippen molar-refractivity contribution in [3.05, 3.63) is 0 Å². The van der Waals surface area contributed by atoms with Gasteiger partial charge in [0.15, 0.2) is 0 Å². The van der Waals surface area contributed by atoms with Gasteiger partial charge in [0.1, 0.15) is 0 Å². The van der Waals surface area contributed by atoms with E-state index in [1.54, 1.807) is 0 Å². The van der Waals surface area contributed by atoms with Crippen LogP contribution >= 0.6 is 0 Å². The van der Waals surface area contributed by atoms with Gasteiger partial charge in [0.2, 0.25) is 0 Å². The average Bonchev–Trinajstić information content (AvgIpc) is 2.13. The van der Waals surface area contributed by atoms with Crippen molar-refractivity contribution in [2.75, 3.05) is 39.6 Å². The standard InChI is InChI=1S/C6H14O4.C2H3O.Y/c7-1-3-9-5-6-10-4-2-8;1-2-3;/h7-8H,1-6H2;1H3;/q;-1;. The molecule has 0 saturated heterocycles. The number of hydrogen-bond acceptors (Lipinski definition) is 5. The van der Waals surface area contributed by atoms with Gasteiger partial charge in [0, 0.05) is 32.7 Å². The van der Waals surface area contributed by atoms with Crippen LogP contribution in [0.15, 0.2) is 0 Å². The third-order valence-electron chi connectivity index (χ3n) is 0.843. The first-order valence-corrected chi connectivity index (χ1v) is 3.99. The Labute approximate surface area is 110 Å². The zero-order valence-corrected chi connectivity index (χ0v) is 11.3. The summed E-state index contributed by atoms with van der Waals surface area (Å²) in [6.07, 6.45) is 1.50. The van der Waals surface area contributed by atoms with Crippen molar-refractivity contribution in [1.29, 1.82) is 0 Å². The van der Waals surface area contributed by atoms with Gasteiger partial charge in [-0.15, -0.1) is 0 Å². The van der Waals surface area contributed by atoms with Gasteiger partial charge in [-0.25, -0.2) is 0 Å². The van der Waals surface area contributed by atoms with Crippen LogP contribution in [0, 0.1) is 0 Å². The predicted octanol–water partition coefficient (Wildman–Crippen LogP) is -0.882. The van der Waals surface area contributed by atoms with E-state index in [1.807, 2.05) is 0 Å². The van der Waals surface area contributed by atoms with E-state index in [0.29, 0.717) is 26.4 Å². The molecular formula is C8H17O5Y-.